The zero-order valence-corrected chi connectivity index (χ0v) is 24.3. The number of quaternary nitrogens is 2. The molecule has 4 atom stereocenters. The molecule has 16 heteroatoms. The molecule has 0 amide bonds. The minimum absolute atomic E-state index is 0.0420. The lowest BCUT2D eigenvalue weighted by atomic mass is 9.68. The molecule has 0 saturated heterocycles. The fourth-order valence-electron chi connectivity index (χ4n) is 6.44. The molecule has 0 heterocycles. The maximum atomic E-state index is 12.9. The van der Waals surface area contributed by atoms with Crippen LogP contribution in [-0.4, -0.2) is 76.0 Å². The standard InChI is InChI=1S/C21H39N2O4.2ClHO4/c1-10-26-18(24)16(19(25)27-11-2)23(8,9)17-15(22(6)7)14-12-13-21(17,5)20(14,3)4;2*2-1(3,4)5/h14-17H,10-13H2,1-9H3;2*(H,2,3,4,5)/q+1;;/p-1. The summed E-state index contributed by atoms with van der Waals surface area (Å²) in [6, 6.07) is -0.418. The lowest BCUT2D eigenvalue weighted by Gasteiger charge is -2.50. The van der Waals surface area contributed by atoms with Crippen LogP contribution in [0.25, 0.3) is 0 Å². The maximum absolute atomic E-state index is 12.9. The monoisotopic (exact) mass is 582 g/mol. The molecule has 2 rings (SSSR count). The Hall–Kier alpha value is -0.880. The van der Waals surface area contributed by atoms with Crippen LogP contribution in [0.15, 0.2) is 0 Å². The van der Waals surface area contributed by atoms with Crippen molar-refractivity contribution in [3.8, 4) is 0 Å². The Bertz CT molecular complexity index is 728. The number of ether oxygens (including phenoxy) is 2. The van der Waals surface area contributed by atoms with Crippen molar-refractivity contribution >= 4 is 11.9 Å². The molecule has 4 unspecified atom stereocenters. The Kier molecular flexibility index (Phi) is 12.7. The number of esters is 2. The second-order valence-corrected chi connectivity index (χ2v) is 12.1. The average molecular weight is 583 g/mol. The van der Waals surface area contributed by atoms with E-state index in [1.807, 2.05) is 14.1 Å². The van der Waals surface area contributed by atoms with Crippen molar-refractivity contribution in [1.82, 2.24) is 0 Å². The van der Waals surface area contributed by atoms with Gasteiger partial charge in [0.2, 0.25) is 0 Å². The van der Waals surface area contributed by atoms with Gasteiger partial charge in [0.25, 0.3) is 6.04 Å². The summed E-state index contributed by atoms with van der Waals surface area (Å²) >= 11 is 0. The summed E-state index contributed by atoms with van der Waals surface area (Å²) in [6.45, 7) is 11.1. The minimum Gasteiger partial charge on any atom is -0.461 e. The molecule has 0 aromatic rings. The zero-order chi connectivity index (χ0) is 29.8. The predicted molar refractivity (Wildman–Crippen MR) is 104 cm³/mol. The molecule has 2 saturated carbocycles. The van der Waals surface area contributed by atoms with Gasteiger partial charge >= 0.3 is 11.9 Å². The van der Waals surface area contributed by atoms with E-state index in [2.05, 4.69) is 34.9 Å². The maximum Gasteiger partial charge on any atom is 0.377 e. The first-order valence-corrected chi connectivity index (χ1v) is 14.0. The molecule has 0 aromatic heterocycles. The van der Waals surface area contributed by atoms with Crippen LogP contribution in [0.2, 0.25) is 0 Å². The van der Waals surface area contributed by atoms with Crippen LogP contribution in [0.4, 0.5) is 0 Å². The van der Waals surface area contributed by atoms with Crippen molar-refractivity contribution in [3.63, 3.8) is 0 Å². The fourth-order valence-corrected chi connectivity index (χ4v) is 6.44. The second-order valence-electron chi connectivity index (χ2n) is 10.6. The summed E-state index contributed by atoms with van der Waals surface area (Å²) in [5.74, 6) is -0.379. The van der Waals surface area contributed by atoms with E-state index >= 15 is 0 Å². The van der Waals surface area contributed by atoms with E-state index < -0.39 is 38.5 Å². The van der Waals surface area contributed by atoms with E-state index in [-0.39, 0.29) is 34.6 Å². The Balaban J connectivity index is 0.00000110. The van der Waals surface area contributed by atoms with Crippen LogP contribution in [0.5, 0.6) is 0 Å². The van der Waals surface area contributed by atoms with Gasteiger partial charge in [-0.15, -0.1) is 20.5 Å². The van der Waals surface area contributed by atoms with Gasteiger partial charge in [0.05, 0.1) is 41.4 Å². The summed E-state index contributed by atoms with van der Waals surface area (Å²) in [4.78, 5) is 27.1. The highest BCUT2D eigenvalue weighted by Crippen LogP contribution is 2.66. The third kappa shape index (κ3) is 9.37. The van der Waals surface area contributed by atoms with Crippen LogP contribution in [0.3, 0.4) is 0 Å². The number of fused-ring (bicyclic) bond motifs is 2. The highest BCUT2D eigenvalue weighted by molar-refractivity contribution is 5.97. The van der Waals surface area contributed by atoms with Crippen molar-refractivity contribution < 1.29 is 86.2 Å². The summed E-state index contributed by atoms with van der Waals surface area (Å²) in [5.41, 5.74) is 0.198. The van der Waals surface area contributed by atoms with Crippen LogP contribution >= 0.6 is 0 Å². The SMILES string of the molecule is CCOC(=O)C(C(=O)OCC)[N+](C)(C)C1C([NH+](C)C)C2CCC1(C)C2(C)C.[O-][Cl+3]([O-])([O-])[O-].[O-][Cl+3]([O-])([O-])[O-]. The van der Waals surface area contributed by atoms with Crippen molar-refractivity contribution in [2.75, 3.05) is 41.4 Å². The fraction of sp³-hybridized carbons (Fsp3) is 0.905. The molecular formula is C21H40Cl2N2O12. The highest BCUT2D eigenvalue weighted by atomic mass is 35.7. The molecule has 0 aliphatic heterocycles. The van der Waals surface area contributed by atoms with Crippen LogP contribution in [0.1, 0.15) is 47.5 Å². The van der Waals surface area contributed by atoms with E-state index in [0.717, 1.165) is 6.42 Å². The van der Waals surface area contributed by atoms with Crippen molar-refractivity contribution in [2.45, 2.75) is 65.6 Å². The Morgan fingerprint density at radius 3 is 1.54 bits per heavy atom. The van der Waals surface area contributed by atoms with Gasteiger partial charge in [-0.3, -0.25) is 4.48 Å². The molecule has 2 bridgehead atoms. The van der Waals surface area contributed by atoms with Crippen molar-refractivity contribution in [2.24, 2.45) is 16.7 Å². The van der Waals surface area contributed by atoms with Gasteiger partial charge in [-0.1, -0.05) is 20.8 Å². The quantitative estimate of drug-likeness (QED) is 0.167. The highest BCUT2D eigenvalue weighted by Gasteiger charge is 2.75. The lowest BCUT2D eigenvalue weighted by Crippen LogP contribution is -3.13. The van der Waals surface area contributed by atoms with Gasteiger partial charge in [-0.25, -0.2) is 46.9 Å². The minimum atomic E-state index is -4.94. The number of hydrogen-bond donors (Lipinski definition) is 1. The number of halogens is 2. The van der Waals surface area contributed by atoms with E-state index in [0.29, 0.717) is 12.0 Å². The number of nitrogens with zero attached hydrogens (tertiary/aromatic N) is 1. The number of carbonyl (C=O) groups excluding carboxylic acids is 2. The molecule has 14 nitrogen and oxygen atoms in total. The second kappa shape index (κ2) is 13.0. The number of nitrogens with one attached hydrogen (secondary N) is 1. The molecule has 220 valence electrons. The molecule has 0 aromatic carbocycles. The normalized spacial score (nSPS) is 26.7. The molecule has 2 fully saturated rings. The molecule has 2 aliphatic rings. The van der Waals surface area contributed by atoms with E-state index in [1.165, 1.54) is 11.3 Å². The largest absolute Gasteiger partial charge is 0.461 e. The van der Waals surface area contributed by atoms with E-state index in [4.69, 9.17) is 46.7 Å². The first-order chi connectivity index (χ1) is 16.4. The average Bonchev–Trinajstić information content (AvgIpc) is 2.97. The smallest absolute Gasteiger partial charge is 0.377 e. The molecule has 1 N–H and O–H groups in total. The summed E-state index contributed by atoms with van der Waals surface area (Å²) < 4.78 is 78.9. The van der Waals surface area contributed by atoms with Gasteiger partial charge in [-0.2, -0.15) is 0 Å². The van der Waals surface area contributed by atoms with Crippen LogP contribution < -0.4 is 42.2 Å². The van der Waals surface area contributed by atoms with Gasteiger partial charge < -0.3 is 14.4 Å². The number of likely N-dealkylation sites (N-methyl/N-ethyl adjacent to an activating group) is 2. The van der Waals surface area contributed by atoms with E-state index in [1.54, 1.807) is 13.8 Å². The molecule has 0 radical (unpaired) electrons. The predicted octanol–water partition coefficient (Wildman–Crippen LogP) is -8.62. The van der Waals surface area contributed by atoms with Crippen molar-refractivity contribution in [1.29, 1.82) is 0 Å². The lowest BCUT2D eigenvalue weighted by molar-refractivity contribution is -2.00. The molecule has 37 heavy (non-hydrogen) atoms. The van der Waals surface area contributed by atoms with Gasteiger partial charge in [0.15, 0.2) is 0 Å². The van der Waals surface area contributed by atoms with E-state index in [9.17, 15) is 9.59 Å². The van der Waals surface area contributed by atoms with Gasteiger partial charge in [0.1, 0.15) is 12.1 Å². The topological polar surface area (TPSA) is 242 Å². The summed E-state index contributed by atoms with van der Waals surface area (Å²) in [5, 5.41) is 0. The molecular weight excluding hydrogens is 543 g/mol. The summed E-state index contributed by atoms with van der Waals surface area (Å²) in [6.07, 6.45) is 2.33. The third-order valence-corrected chi connectivity index (χ3v) is 7.87. The van der Waals surface area contributed by atoms with Crippen LogP contribution in [0, 0.1) is 37.2 Å². The first-order valence-electron chi connectivity index (χ1n) is 11.6. The number of hydrogen-bond acceptors (Lipinski definition) is 12. The number of rotatable bonds is 7. The third-order valence-electron chi connectivity index (χ3n) is 7.87. The van der Waals surface area contributed by atoms with Crippen LogP contribution in [-0.2, 0) is 19.1 Å². The Morgan fingerprint density at radius 2 is 1.24 bits per heavy atom. The summed E-state index contributed by atoms with van der Waals surface area (Å²) in [7, 11) is -1.47. The van der Waals surface area contributed by atoms with Gasteiger partial charge in [0, 0.05) is 11.3 Å². The Labute approximate surface area is 222 Å². The zero-order valence-electron chi connectivity index (χ0n) is 22.7. The molecule has 0 spiro atoms. The molecule has 2 aliphatic carbocycles. The van der Waals surface area contributed by atoms with Crippen molar-refractivity contribution in [3.05, 3.63) is 0 Å². The van der Waals surface area contributed by atoms with Gasteiger partial charge in [-0.05, 0) is 32.1 Å². The first kappa shape index (κ1) is 36.1. The number of carbonyl (C=O) groups is 2. The Morgan fingerprint density at radius 1 is 0.892 bits per heavy atom.